The van der Waals surface area contributed by atoms with Gasteiger partial charge in [0.15, 0.2) is 0 Å². The van der Waals surface area contributed by atoms with E-state index in [4.69, 9.17) is 0 Å². The van der Waals surface area contributed by atoms with Crippen molar-refractivity contribution in [1.82, 2.24) is 5.32 Å². The van der Waals surface area contributed by atoms with Crippen LogP contribution in [0.1, 0.15) is 50.6 Å². The third-order valence-corrected chi connectivity index (χ3v) is 4.51. The monoisotopic (exact) mass is 293 g/mol. The zero-order valence-corrected chi connectivity index (χ0v) is 12.5. The molecule has 1 saturated carbocycles. The van der Waals surface area contributed by atoms with E-state index in [1.54, 1.807) is 12.1 Å². The van der Waals surface area contributed by atoms with E-state index in [1.807, 2.05) is 6.07 Å². The van der Waals surface area contributed by atoms with Crippen molar-refractivity contribution in [3.63, 3.8) is 0 Å². The summed E-state index contributed by atoms with van der Waals surface area (Å²) < 4.78 is 13.3. The maximum Gasteiger partial charge on any atom is 0.306 e. The smallest absolute Gasteiger partial charge is 0.306 e. The Bertz CT molecular complexity index is 478. The minimum absolute atomic E-state index is 0.0806. The van der Waals surface area contributed by atoms with Gasteiger partial charge in [0, 0.05) is 6.04 Å². The molecule has 4 heteroatoms. The minimum atomic E-state index is -0.680. The van der Waals surface area contributed by atoms with Gasteiger partial charge in [0.2, 0.25) is 0 Å². The Labute approximate surface area is 125 Å². The molecule has 1 fully saturated rings. The van der Waals surface area contributed by atoms with Gasteiger partial charge in [-0.1, -0.05) is 31.9 Å². The van der Waals surface area contributed by atoms with E-state index in [0.29, 0.717) is 6.54 Å². The van der Waals surface area contributed by atoms with Crippen LogP contribution in [0, 0.1) is 17.7 Å². The zero-order valence-electron chi connectivity index (χ0n) is 12.5. The molecule has 0 aromatic heterocycles. The van der Waals surface area contributed by atoms with Crippen LogP contribution in [-0.4, -0.2) is 17.6 Å². The van der Waals surface area contributed by atoms with Crippen molar-refractivity contribution in [2.45, 2.75) is 45.1 Å². The summed E-state index contributed by atoms with van der Waals surface area (Å²) in [6.07, 6.45) is 4.71. The van der Waals surface area contributed by atoms with Crippen molar-refractivity contribution in [1.29, 1.82) is 0 Å². The lowest BCUT2D eigenvalue weighted by atomic mass is 9.79. The van der Waals surface area contributed by atoms with Gasteiger partial charge in [-0.05, 0) is 49.4 Å². The average Bonchev–Trinajstić information content (AvgIpc) is 2.48. The molecule has 0 amide bonds. The molecule has 3 unspecified atom stereocenters. The fourth-order valence-corrected chi connectivity index (χ4v) is 3.29. The van der Waals surface area contributed by atoms with Crippen molar-refractivity contribution in [2.75, 3.05) is 6.54 Å². The average molecular weight is 293 g/mol. The highest BCUT2D eigenvalue weighted by Crippen LogP contribution is 2.30. The Balaban J connectivity index is 1.97. The van der Waals surface area contributed by atoms with Gasteiger partial charge in [-0.3, -0.25) is 4.79 Å². The predicted molar refractivity (Wildman–Crippen MR) is 80.5 cm³/mol. The second kappa shape index (κ2) is 7.55. The summed E-state index contributed by atoms with van der Waals surface area (Å²) in [5.41, 5.74) is 0.931. The molecule has 2 N–H and O–H groups in total. The molecular weight excluding hydrogens is 269 g/mol. The van der Waals surface area contributed by atoms with Crippen molar-refractivity contribution >= 4 is 5.97 Å². The van der Waals surface area contributed by atoms with Gasteiger partial charge in [-0.15, -0.1) is 0 Å². The van der Waals surface area contributed by atoms with Gasteiger partial charge >= 0.3 is 5.97 Å². The van der Waals surface area contributed by atoms with Gasteiger partial charge in [-0.25, -0.2) is 4.39 Å². The van der Waals surface area contributed by atoms with E-state index in [2.05, 4.69) is 12.2 Å². The maximum absolute atomic E-state index is 13.3. The number of hydrogen-bond acceptors (Lipinski definition) is 2. The van der Waals surface area contributed by atoms with Crippen LogP contribution in [0.25, 0.3) is 0 Å². The molecule has 1 aliphatic rings. The topological polar surface area (TPSA) is 49.3 Å². The van der Waals surface area contributed by atoms with E-state index in [0.717, 1.165) is 37.7 Å². The molecule has 0 radical (unpaired) electrons. The van der Waals surface area contributed by atoms with Gasteiger partial charge in [-0.2, -0.15) is 0 Å². The van der Waals surface area contributed by atoms with Crippen LogP contribution in [0.2, 0.25) is 0 Å². The predicted octanol–water partition coefficient (Wildman–Crippen LogP) is 3.76. The summed E-state index contributed by atoms with van der Waals surface area (Å²) in [4.78, 5) is 11.3. The van der Waals surface area contributed by atoms with Gasteiger partial charge < -0.3 is 10.4 Å². The standard InChI is InChI=1S/C17H24FNO2/c1-2-16(12-7-5-8-14(18)10-12)19-11-13-6-3-4-9-15(13)17(20)21/h5,7-8,10,13,15-16,19H,2-4,6,9,11H2,1H3,(H,20,21). The highest BCUT2D eigenvalue weighted by molar-refractivity contribution is 5.70. The summed E-state index contributed by atoms with van der Waals surface area (Å²) in [5, 5.41) is 12.7. The number of benzene rings is 1. The number of hydrogen-bond donors (Lipinski definition) is 2. The first-order valence-electron chi connectivity index (χ1n) is 7.83. The molecule has 0 bridgehead atoms. The number of rotatable bonds is 6. The van der Waals surface area contributed by atoms with E-state index in [-0.39, 0.29) is 23.7 Å². The van der Waals surface area contributed by atoms with Crippen molar-refractivity contribution in [3.8, 4) is 0 Å². The maximum atomic E-state index is 13.3. The first-order valence-corrected chi connectivity index (χ1v) is 7.83. The SMILES string of the molecule is CCC(NCC1CCCCC1C(=O)O)c1cccc(F)c1. The summed E-state index contributed by atoms with van der Waals surface area (Å²) in [6, 6.07) is 6.71. The molecule has 0 aliphatic heterocycles. The van der Waals surface area contributed by atoms with E-state index in [9.17, 15) is 14.3 Å². The first kappa shape index (κ1) is 16.0. The third-order valence-electron chi connectivity index (χ3n) is 4.51. The van der Waals surface area contributed by atoms with Crippen molar-refractivity contribution in [3.05, 3.63) is 35.6 Å². The van der Waals surface area contributed by atoms with E-state index in [1.165, 1.54) is 6.07 Å². The van der Waals surface area contributed by atoms with Crippen LogP contribution in [-0.2, 0) is 4.79 Å². The van der Waals surface area contributed by atoms with Gasteiger partial charge in [0.05, 0.1) is 5.92 Å². The fraction of sp³-hybridized carbons (Fsp3) is 0.588. The molecule has 1 aliphatic carbocycles. The largest absolute Gasteiger partial charge is 0.481 e. The fourth-order valence-electron chi connectivity index (χ4n) is 3.29. The van der Waals surface area contributed by atoms with Crippen molar-refractivity contribution < 1.29 is 14.3 Å². The summed E-state index contributed by atoms with van der Waals surface area (Å²) in [5.74, 6) is -0.968. The normalized spacial score (nSPS) is 23.7. The Morgan fingerprint density at radius 3 is 2.86 bits per heavy atom. The van der Waals surface area contributed by atoms with Crippen molar-refractivity contribution in [2.24, 2.45) is 11.8 Å². The Morgan fingerprint density at radius 1 is 1.43 bits per heavy atom. The second-order valence-corrected chi connectivity index (χ2v) is 5.91. The molecule has 21 heavy (non-hydrogen) atoms. The second-order valence-electron chi connectivity index (χ2n) is 5.91. The van der Waals surface area contributed by atoms with Crippen LogP contribution >= 0.6 is 0 Å². The lowest BCUT2D eigenvalue weighted by molar-refractivity contribution is -0.144. The Hall–Kier alpha value is -1.42. The summed E-state index contributed by atoms with van der Waals surface area (Å²) in [6.45, 7) is 2.74. The Kier molecular flexibility index (Phi) is 5.74. The molecule has 0 heterocycles. The lowest BCUT2D eigenvalue weighted by Gasteiger charge is -2.30. The number of carboxylic acids is 1. The van der Waals surface area contributed by atoms with Crippen LogP contribution in [0.4, 0.5) is 4.39 Å². The summed E-state index contributed by atoms with van der Waals surface area (Å²) in [7, 11) is 0. The van der Waals surface area contributed by atoms with Gasteiger partial charge in [0.25, 0.3) is 0 Å². The number of carboxylic acid groups (broad SMARTS) is 1. The highest BCUT2D eigenvalue weighted by atomic mass is 19.1. The molecular formula is C17H24FNO2. The minimum Gasteiger partial charge on any atom is -0.481 e. The molecule has 116 valence electrons. The molecule has 3 nitrogen and oxygen atoms in total. The number of nitrogens with one attached hydrogen (secondary N) is 1. The van der Waals surface area contributed by atoms with Crippen LogP contribution in [0.15, 0.2) is 24.3 Å². The quantitative estimate of drug-likeness (QED) is 0.839. The molecule has 2 rings (SSSR count). The molecule has 1 aromatic carbocycles. The first-order chi connectivity index (χ1) is 10.1. The number of carbonyl (C=O) groups is 1. The Morgan fingerprint density at radius 2 is 2.19 bits per heavy atom. The van der Waals surface area contributed by atoms with Gasteiger partial charge in [0.1, 0.15) is 5.82 Å². The van der Waals surface area contributed by atoms with Crippen LogP contribution in [0.5, 0.6) is 0 Å². The lowest BCUT2D eigenvalue weighted by Crippen LogP contribution is -2.36. The number of halogens is 1. The van der Waals surface area contributed by atoms with E-state index < -0.39 is 5.97 Å². The molecule has 0 spiro atoms. The zero-order chi connectivity index (χ0) is 15.2. The van der Waals surface area contributed by atoms with E-state index >= 15 is 0 Å². The summed E-state index contributed by atoms with van der Waals surface area (Å²) >= 11 is 0. The molecule has 0 saturated heterocycles. The molecule has 3 atom stereocenters. The van der Waals surface area contributed by atoms with Crippen LogP contribution in [0.3, 0.4) is 0 Å². The molecule has 1 aromatic rings. The highest BCUT2D eigenvalue weighted by Gasteiger charge is 2.30. The third kappa shape index (κ3) is 4.27. The van der Waals surface area contributed by atoms with Crippen LogP contribution < -0.4 is 5.32 Å². The number of aliphatic carboxylic acids is 1.